The highest BCUT2D eigenvalue weighted by atomic mass is 16.4. The predicted octanol–water partition coefficient (Wildman–Crippen LogP) is 2.31. The van der Waals surface area contributed by atoms with E-state index in [-0.39, 0.29) is 23.6 Å². The van der Waals surface area contributed by atoms with Gasteiger partial charge in [0.2, 0.25) is 0 Å². The van der Waals surface area contributed by atoms with Crippen molar-refractivity contribution in [2.75, 3.05) is 5.32 Å². The molecular weight excluding hydrogens is 412 g/mol. The second-order valence-corrected chi connectivity index (χ2v) is 6.86. The molecule has 164 valence electrons. The Kier molecular flexibility index (Phi) is 6.99. The molecule has 0 bridgehead atoms. The third-order valence-electron chi connectivity index (χ3n) is 4.61. The van der Waals surface area contributed by atoms with Crippen LogP contribution < -0.4 is 27.2 Å². The molecule has 8 N–H and O–H groups in total. The smallest absolute Gasteiger partial charge is 0.336 e. The molecule has 1 unspecified atom stereocenters. The maximum Gasteiger partial charge on any atom is 0.336 e. The van der Waals surface area contributed by atoms with Gasteiger partial charge in [-0.25, -0.2) is 10.2 Å². The summed E-state index contributed by atoms with van der Waals surface area (Å²) in [6.07, 6.45) is -0.298. The molecule has 3 aromatic carbocycles. The van der Waals surface area contributed by atoms with Crippen LogP contribution in [0.1, 0.15) is 28.4 Å². The Morgan fingerprint density at radius 1 is 0.969 bits per heavy atom. The second kappa shape index (κ2) is 10.0. The van der Waals surface area contributed by atoms with Gasteiger partial charge in [0.25, 0.3) is 5.91 Å². The van der Waals surface area contributed by atoms with Crippen LogP contribution >= 0.6 is 0 Å². The van der Waals surface area contributed by atoms with E-state index in [4.69, 9.17) is 11.1 Å². The highest BCUT2D eigenvalue weighted by molar-refractivity contribution is 6.09. The number of imide groups is 1. The number of amides is 3. The Balaban J connectivity index is 1.72. The largest absolute Gasteiger partial charge is 0.481 e. The van der Waals surface area contributed by atoms with Crippen LogP contribution in [0.15, 0.2) is 66.7 Å². The van der Waals surface area contributed by atoms with Crippen LogP contribution in [0.2, 0.25) is 0 Å². The second-order valence-electron chi connectivity index (χ2n) is 6.86. The molecule has 3 rings (SSSR count). The fourth-order valence-electron chi connectivity index (χ4n) is 3.26. The summed E-state index contributed by atoms with van der Waals surface area (Å²) in [6, 6.07) is 17.6. The molecular formula is C22H22N6O4. The average Bonchev–Trinajstić information content (AvgIpc) is 2.76. The van der Waals surface area contributed by atoms with Crippen molar-refractivity contribution in [3.05, 3.63) is 77.9 Å². The Morgan fingerprint density at radius 3 is 2.41 bits per heavy atom. The quantitative estimate of drug-likeness (QED) is 0.170. The fraction of sp³-hybridized carbons (Fsp3) is 0.0909. The third-order valence-corrected chi connectivity index (χ3v) is 4.61. The lowest BCUT2D eigenvalue weighted by atomic mass is 9.97. The predicted molar refractivity (Wildman–Crippen MR) is 120 cm³/mol. The van der Waals surface area contributed by atoms with Crippen LogP contribution in [-0.4, -0.2) is 29.0 Å². The lowest BCUT2D eigenvalue weighted by Gasteiger charge is -2.20. The number of fused-ring (bicyclic) bond motifs is 1. The summed E-state index contributed by atoms with van der Waals surface area (Å²) in [5.74, 6) is -2.14. The Bertz CT molecular complexity index is 1170. The summed E-state index contributed by atoms with van der Waals surface area (Å²) in [5.41, 5.74) is 11.4. The maximum atomic E-state index is 12.5. The van der Waals surface area contributed by atoms with E-state index in [1.807, 2.05) is 30.3 Å². The van der Waals surface area contributed by atoms with Gasteiger partial charge in [0, 0.05) is 0 Å². The van der Waals surface area contributed by atoms with E-state index in [2.05, 4.69) is 21.5 Å². The first-order valence-electron chi connectivity index (χ1n) is 9.61. The van der Waals surface area contributed by atoms with Gasteiger partial charge in [-0.1, -0.05) is 54.6 Å². The van der Waals surface area contributed by atoms with Gasteiger partial charge in [-0.2, -0.15) is 0 Å². The van der Waals surface area contributed by atoms with E-state index >= 15 is 0 Å². The normalized spacial score (nSPS) is 11.4. The Hall–Kier alpha value is -4.44. The topological polar surface area (TPSA) is 169 Å². The van der Waals surface area contributed by atoms with E-state index in [0.29, 0.717) is 5.56 Å². The number of nitrogens with two attached hydrogens (primary N) is 1. The first-order valence-corrected chi connectivity index (χ1v) is 9.61. The van der Waals surface area contributed by atoms with Gasteiger partial charge in [-0.05, 0) is 28.5 Å². The number of hydrogen-bond donors (Lipinski definition) is 7. The molecule has 0 aliphatic heterocycles. The van der Waals surface area contributed by atoms with Crippen LogP contribution in [0.4, 0.5) is 10.5 Å². The summed E-state index contributed by atoms with van der Waals surface area (Å²) in [4.78, 5) is 36.2. The monoisotopic (exact) mass is 434 g/mol. The van der Waals surface area contributed by atoms with Crippen molar-refractivity contribution in [1.82, 2.24) is 16.2 Å². The van der Waals surface area contributed by atoms with Crippen LogP contribution in [0, 0.1) is 5.41 Å². The zero-order chi connectivity index (χ0) is 23.1. The van der Waals surface area contributed by atoms with Gasteiger partial charge in [0.1, 0.15) is 0 Å². The standard InChI is InChI=1S/C22H22N6O4/c23-21(24)25-17-11-4-3-9-16(17)20(31)26-22(32)28-27-18(12-19(29)30)15-10-5-7-13-6-1-2-8-14(13)15/h1-11,18,27H,12H2,(H,29,30)(H4,23,24,25)(H2,26,28,31,32). The first-order chi connectivity index (χ1) is 15.3. The number of carbonyl (C=O) groups excluding carboxylic acids is 2. The minimum Gasteiger partial charge on any atom is -0.481 e. The first kappa shape index (κ1) is 22.2. The molecule has 0 spiro atoms. The molecule has 0 radical (unpaired) electrons. The molecule has 32 heavy (non-hydrogen) atoms. The molecule has 0 aromatic heterocycles. The maximum absolute atomic E-state index is 12.5. The lowest BCUT2D eigenvalue weighted by Crippen LogP contribution is -2.48. The molecule has 0 heterocycles. The number of carboxylic acids is 1. The number of carbonyl (C=O) groups is 3. The van der Waals surface area contributed by atoms with E-state index in [0.717, 1.165) is 10.8 Å². The molecule has 3 amide bonds. The number of urea groups is 1. The SMILES string of the molecule is N=C(N)Nc1ccccc1C(=O)NC(=O)NNC(CC(=O)O)c1cccc2ccccc12. The molecule has 3 aromatic rings. The van der Waals surface area contributed by atoms with Gasteiger partial charge in [-0.15, -0.1) is 0 Å². The number of rotatable bonds is 7. The van der Waals surface area contributed by atoms with E-state index < -0.39 is 23.9 Å². The van der Waals surface area contributed by atoms with Crippen molar-refractivity contribution in [3.8, 4) is 0 Å². The minimum atomic E-state index is -1.06. The molecule has 10 heteroatoms. The van der Waals surface area contributed by atoms with E-state index in [1.165, 1.54) is 12.1 Å². The molecule has 1 atom stereocenters. The van der Waals surface area contributed by atoms with Crippen molar-refractivity contribution in [1.29, 1.82) is 5.41 Å². The molecule has 0 aliphatic rings. The molecule has 0 aliphatic carbocycles. The Morgan fingerprint density at radius 2 is 1.66 bits per heavy atom. The summed E-state index contributed by atoms with van der Waals surface area (Å²) < 4.78 is 0. The van der Waals surface area contributed by atoms with Crippen LogP contribution in [-0.2, 0) is 4.79 Å². The number of hydrazine groups is 1. The van der Waals surface area contributed by atoms with Gasteiger partial charge >= 0.3 is 12.0 Å². The minimum absolute atomic E-state index is 0.106. The number of guanidine groups is 1. The molecule has 0 fully saturated rings. The van der Waals surface area contributed by atoms with Crippen molar-refractivity contribution >= 4 is 40.3 Å². The van der Waals surface area contributed by atoms with Crippen molar-refractivity contribution in [2.24, 2.45) is 5.73 Å². The number of hydrogen-bond acceptors (Lipinski definition) is 5. The number of nitrogens with one attached hydrogen (secondary N) is 5. The highest BCUT2D eigenvalue weighted by Crippen LogP contribution is 2.26. The van der Waals surface area contributed by atoms with Gasteiger partial charge in [-0.3, -0.25) is 25.7 Å². The van der Waals surface area contributed by atoms with Crippen LogP contribution in [0.25, 0.3) is 10.8 Å². The van der Waals surface area contributed by atoms with Gasteiger partial charge in [0.15, 0.2) is 5.96 Å². The van der Waals surface area contributed by atoms with Crippen molar-refractivity contribution in [2.45, 2.75) is 12.5 Å². The van der Waals surface area contributed by atoms with E-state index in [9.17, 15) is 19.5 Å². The summed E-state index contributed by atoms with van der Waals surface area (Å²) in [6.45, 7) is 0. The molecule has 10 nitrogen and oxygen atoms in total. The number of aliphatic carboxylic acids is 1. The van der Waals surface area contributed by atoms with Gasteiger partial charge in [0.05, 0.1) is 23.7 Å². The van der Waals surface area contributed by atoms with Crippen molar-refractivity contribution in [3.63, 3.8) is 0 Å². The average molecular weight is 434 g/mol. The fourth-order valence-corrected chi connectivity index (χ4v) is 3.26. The molecule has 0 saturated heterocycles. The number of anilines is 1. The summed E-state index contributed by atoms with van der Waals surface area (Å²) in [7, 11) is 0. The van der Waals surface area contributed by atoms with Crippen molar-refractivity contribution < 1.29 is 19.5 Å². The zero-order valence-corrected chi connectivity index (χ0v) is 16.9. The van der Waals surface area contributed by atoms with Gasteiger partial charge < -0.3 is 16.2 Å². The highest BCUT2D eigenvalue weighted by Gasteiger charge is 2.20. The zero-order valence-electron chi connectivity index (χ0n) is 16.9. The van der Waals surface area contributed by atoms with E-state index in [1.54, 1.807) is 24.3 Å². The van der Waals surface area contributed by atoms with Crippen LogP contribution in [0.3, 0.4) is 0 Å². The van der Waals surface area contributed by atoms with Crippen LogP contribution in [0.5, 0.6) is 0 Å². The third kappa shape index (κ3) is 5.58. The molecule has 0 saturated carbocycles. The summed E-state index contributed by atoms with van der Waals surface area (Å²) in [5, 5.41) is 23.1. The number of para-hydroxylation sites is 1. The number of benzene rings is 3. The number of carboxylic acid groups (broad SMARTS) is 1. The summed E-state index contributed by atoms with van der Waals surface area (Å²) >= 11 is 0. The Labute approximate surface area is 183 Å². The lowest BCUT2D eigenvalue weighted by molar-refractivity contribution is -0.137.